The normalized spacial score (nSPS) is 11.2. The molecule has 0 saturated carbocycles. The summed E-state index contributed by atoms with van der Waals surface area (Å²) >= 11 is 13.7. The van der Waals surface area contributed by atoms with Gasteiger partial charge in [-0.05, 0) is 61.0 Å². The van der Waals surface area contributed by atoms with Gasteiger partial charge in [0.2, 0.25) is 0 Å². The molecule has 0 unspecified atom stereocenters. The van der Waals surface area contributed by atoms with E-state index in [0.717, 1.165) is 33.0 Å². The Hall–Kier alpha value is -7.20. The smallest absolute Gasteiger partial charge is 0.150 e. The first-order valence-electron chi connectivity index (χ1n) is 18.2. The van der Waals surface area contributed by atoms with Crippen LogP contribution >= 0.6 is 23.2 Å². The third-order valence-corrected chi connectivity index (χ3v) is 10.2. The zero-order valence-electron chi connectivity index (χ0n) is 31.2. The average Bonchev–Trinajstić information content (AvgIpc) is 3.89. The summed E-state index contributed by atoms with van der Waals surface area (Å²) in [4.78, 5) is 28.9. The van der Waals surface area contributed by atoms with Crippen molar-refractivity contribution in [1.82, 2.24) is 49.5 Å². The Morgan fingerprint density at radius 2 is 1.33 bits per heavy atom. The average molecular weight is 800 g/mol. The lowest BCUT2D eigenvalue weighted by Gasteiger charge is -2.13. The Bertz CT molecular complexity index is 3110. The number of halogens is 2. The van der Waals surface area contributed by atoms with Gasteiger partial charge in [0.05, 0.1) is 51.1 Å². The molecule has 282 valence electrons. The van der Waals surface area contributed by atoms with E-state index in [1.807, 2.05) is 109 Å². The highest BCUT2D eigenvalue weighted by atomic mass is 35.5. The first-order valence-corrected chi connectivity index (χ1v) is 18.9. The quantitative estimate of drug-likeness (QED) is 0.142. The number of benzene rings is 3. The summed E-state index contributed by atoms with van der Waals surface area (Å²) in [7, 11) is 1.85. The van der Waals surface area contributed by atoms with E-state index < -0.39 is 0 Å². The number of hydrogen-bond donors (Lipinski definition) is 2. The molecule has 58 heavy (non-hydrogen) atoms. The van der Waals surface area contributed by atoms with Gasteiger partial charge in [0, 0.05) is 59.3 Å². The molecule has 9 aromatic rings. The molecule has 0 atom stereocenters. The lowest BCUT2D eigenvalue weighted by molar-refractivity contribution is 0.687. The van der Waals surface area contributed by atoms with E-state index in [4.69, 9.17) is 64.7 Å². The summed E-state index contributed by atoms with van der Waals surface area (Å²) in [6.45, 7) is 2.18. The number of hydrogen-bond acceptors (Lipinski definition) is 10. The van der Waals surface area contributed by atoms with Gasteiger partial charge in [0.25, 0.3) is 0 Å². The first kappa shape index (κ1) is 36.4. The molecule has 14 heteroatoms. The minimum Gasteiger partial charge on any atom is -0.382 e. The van der Waals surface area contributed by atoms with E-state index in [0.29, 0.717) is 85.4 Å². The lowest BCUT2D eigenvalue weighted by Crippen LogP contribution is -2.06. The fourth-order valence-corrected chi connectivity index (χ4v) is 7.42. The van der Waals surface area contributed by atoms with Crippen LogP contribution in [0, 0.1) is 11.8 Å². The van der Waals surface area contributed by atoms with Crippen molar-refractivity contribution in [3.63, 3.8) is 0 Å². The van der Waals surface area contributed by atoms with Crippen LogP contribution in [0.15, 0.2) is 110 Å². The van der Waals surface area contributed by atoms with Crippen LogP contribution in [0.5, 0.6) is 0 Å². The third kappa shape index (κ3) is 6.93. The first-order chi connectivity index (χ1) is 28.2. The highest BCUT2D eigenvalue weighted by molar-refractivity contribution is 6.36. The van der Waals surface area contributed by atoms with Gasteiger partial charge in [0.1, 0.15) is 34.3 Å². The Morgan fingerprint density at radius 3 is 2.07 bits per heavy atom. The van der Waals surface area contributed by atoms with E-state index in [-0.39, 0.29) is 5.82 Å². The Kier molecular flexibility index (Phi) is 9.45. The summed E-state index contributed by atoms with van der Waals surface area (Å²) in [6.07, 6.45) is 7.59. The second-order valence-corrected chi connectivity index (χ2v) is 14.4. The third-order valence-electron chi connectivity index (χ3n) is 9.58. The van der Waals surface area contributed by atoms with E-state index in [1.165, 1.54) is 0 Å². The molecule has 0 fully saturated rings. The van der Waals surface area contributed by atoms with E-state index in [1.54, 1.807) is 24.0 Å². The molecule has 9 rings (SSSR count). The lowest BCUT2D eigenvalue weighted by atomic mass is 10.0. The molecule has 0 saturated heterocycles. The van der Waals surface area contributed by atoms with Gasteiger partial charge in [-0.3, -0.25) is 19.3 Å². The number of nitrogen functional groups attached to an aromatic ring is 2. The zero-order chi connectivity index (χ0) is 39.9. The number of rotatable bonds is 8. The van der Waals surface area contributed by atoms with E-state index in [2.05, 4.69) is 21.9 Å². The SMILES string of the molecule is CC#CCc1nc(-c2cc(Cl)c3ncccc3c2)c(-c2ccn(Cc3cnc4c(Cl)cc(-c5nc(-c6ccccc6)c(N)nc5-c5ccn(C)n5)cc4c3)n2)nc1N. The molecule has 0 radical (unpaired) electrons. The Labute approximate surface area is 342 Å². The van der Waals surface area contributed by atoms with Crippen LogP contribution in [0.3, 0.4) is 0 Å². The molecule has 4 N–H and O–H groups in total. The van der Waals surface area contributed by atoms with Crippen molar-refractivity contribution < 1.29 is 0 Å². The van der Waals surface area contributed by atoms with Gasteiger partial charge >= 0.3 is 0 Å². The predicted octanol–water partition coefficient (Wildman–Crippen LogP) is 8.71. The van der Waals surface area contributed by atoms with Gasteiger partial charge in [-0.1, -0.05) is 65.5 Å². The molecule has 0 bridgehead atoms. The van der Waals surface area contributed by atoms with Crippen LogP contribution < -0.4 is 11.5 Å². The van der Waals surface area contributed by atoms with Crippen LogP contribution in [0.2, 0.25) is 10.0 Å². The second-order valence-electron chi connectivity index (χ2n) is 13.6. The van der Waals surface area contributed by atoms with Crippen LogP contribution in [-0.4, -0.2) is 49.5 Å². The highest BCUT2D eigenvalue weighted by Gasteiger charge is 2.21. The van der Waals surface area contributed by atoms with Crippen LogP contribution in [0.1, 0.15) is 18.2 Å². The van der Waals surface area contributed by atoms with Gasteiger partial charge in [-0.15, -0.1) is 5.92 Å². The van der Waals surface area contributed by atoms with Crippen molar-refractivity contribution in [2.75, 3.05) is 11.5 Å². The van der Waals surface area contributed by atoms with Gasteiger partial charge in [-0.25, -0.2) is 19.9 Å². The van der Waals surface area contributed by atoms with E-state index >= 15 is 0 Å². The highest BCUT2D eigenvalue weighted by Crippen LogP contribution is 2.38. The maximum atomic E-state index is 6.93. The predicted molar refractivity (Wildman–Crippen MR) is 229 cm³/mol. The number of nitrogens with zero attached hydrogens (tertiary/aromatic N) is 10. The van der Waals surface area contributed by atoms with Crippen LogP contribution in [0.25, 0.3) is 78.4 Å². The van der Waals surface area contributed by atoms with Crippen molar-refractivity contribution in [2.45, 2.75) is 19.9 Å². The van der Waals surface area contributed by atoms with Crippen LogP contribution in [-0.2, 0) is 20.0 Å². The minimum absolute atomic E-state index is 0.281. The fourth-order valence-electron chi connectivity index (χ4n) is 6.87. The summed E-state index contributed by atoms with van der Waals surface area (Å²) in [5.74, 6) is 6.54. The number of pyridine rings is 2. The number of aromatic nitrogens is 10. The number of fused-ring (bicyclic) bond motifs is 2. The molecule has 0 spiro atoms. The van der Waals surface area contributed by atoms with Gasteiger partial charge in [0.15, 0.2) is 5.82 Å². The summed E-state index contributed by atoms with van der Waals surface area (Å²) in [5.41, 5.74) is 22.1. The molecule has 0 aliphatic rings. The van der Waals surface area contributed by atoms with Gasteiger partial charge < -0.3 is 11.5 Å². The molecule has 6 heterocycles. The van der Waals surface area contributed by atoms with Crippen molar-refractivity contribution in [3.05, 3.63) is 131 Å². The number of aryl methyl sites for hydroxylation is 1. The topological polar surface area (TPSA) is 165 Å². The summed E-state index contributed by atoms with van der Waals surface area (Å²) in [6, 6.07) is 27.0. The molecule has 12 nitrogen and oxygen atoms in total. The molecular weight excluding hydrogens is 767 g/mol. The van der Waals surface area contributed by atoms with Crippen molar-refractivity contribution in [3.8, 4) is 68.4 Å². The van der Waals surface area contributed by atoms with Crippen molar-refractivity contribution in [2.24, 2.45) is 7.05 Å². The minimum atomic E-state index is 0.281. The molecule has 0 aliphatic heterocycles. The maximum Gasteiger partial charge on any atom is 0.150 e. The maximum absolute atomic E-state index is 6.93. The summed E-state index contributed by atoms with van der Waals surface area (Å²) < 4.78 is 3.53. The Morgan fingerprint density at radius 1 is 0.638 bits per heavy atom. The number of anilines is 2. The fraction of sp³-hybridized carbons (Fsp3) is 0.0909. The van der Waals surface area contributed by atoms with Crippen molar-refractivity contribution in [1.29, 1.82) is 0 Å². The van der Waals surface area contributed by atoms with Crippen LogP contribution in [0.4, 0.5) is 11.6 Å². The molecule has 0 aliphatic carbocycles. The molecule has 6 aromatic heterocycles. The largest absolute Gasteiger partial charge is 0.382 e. The standard InChI is InChI=1S/C44H32Cl2N12/c1-3-4-12-35-43(47)53-42(38(51-35)29-19-27-11-8-15-49-36(27)31(45)21-29)34-14-17-58(56-34)24-25-18-28-20-30(22-32(46)37(28)50-23-25)39-41(33-13-16-57(2)55-33)54-44(48)40(52-39)26-9-6-5-7-10-26/h5-11,13-23H,12,24H2,1-2H3,(H2,47,53)(H2,48,54). The monoisotopic (exact) mass is 798 g/mol. The zero-order valence-corrected chi connectivity index (χ0v) is 32.7. The van der Waals surface area contributed by atoms with Crippen molar-refractivity contribution >= 4 is 56.6 Å². The number of nitrogens with two attached hydrogens (primary N) is 2. The van der Waals surface area contributed by atoms with E-state index in [9.17, 15) is 0 Å². The van der Waals surface area contributed by atoms with Gasteiger partial charge in [-0.2, -0.15) is 10.2 Å². The Balaban J connectivity index is 1.10. The molecule has 0 amide bonds. The second kappa shape index (κ2) is 15.0. The summed E-state index contributed by atoms with van der Waals surface area (Å²) in [5, 5.41) is 12.2. The molecule has 3 aromatic carbocycles. The molecular formula is C44H32Cl2N12.